The SMILES string of the molecule is CCCCn1c(-c2ccccc2)cc2c(c(=O)oc3ccc4ccccc4c32)c1=N. The van der Waals surface area contributed by atoms with Crippen molar-refractivity contribution in [3.63, 3.8) is 0 Å². The minimum atomic E-state index is -0.456. The van der Waals surface area contributed by atoms with Crippen LogP contribution >= 0.6 is 0 Å². The second kappa shape index (κ2) is 7.30. The molecule has 4 nitrogen and oxygen atoms in total. The molecule has 5 rings (SSSR count). The van der Waals surface area contributed by atoms with Crippen LogP contribution in [0.15, 0.2) is 82.0 Å². The lowest BCUT2D eigenvalue weighted by Gasteiger charge is -2.17. The van der Waals surface area contributed by atoms with Crippen LogP contribution in [0.25, 0.3) is 43.8 Å². The zero-order valence-corrected chi connectivity index (χ0v) is 16.8. The Kier molecular flexibility index (Phi) is 4.47. The average Bonchev–Trinajstić information content (AvgIpc) is 2.78. The van der Waals surface area contributed by atoms with Gasteiger partial charge in [0.1, 0.15) is 16.5 Å². The van der Waals surface area contributed by atoms with E-state index in [2.05, 4.69) is 31.2 Å². The van der Waals surface area contributed by atoms with Crippen molar-refractivity contribution < 1.29 is 4.42 Å². The lowest BCUT2D eigenvalue weighted by molar-refractivity contribution is 0.564. The maximum absolute atomic E-state index is 12.9. The second-order valence-electron chi connectivity index (χ2n) is 7.59. The van der Waals surface area contributed by atoms with Crippen LogP contribution in [0.4, 0.5) is 0 Å². The minimum absolute atomic E-state index is 0.211. The van der Waals surface area contributed by atoms with E-state index in [0.717, 1.165) is 45.6 Å². The van der Waals surface area contributed by atoms with Crippen LogP contribution in [0.1, 0.15) is 19.8 Å². The maximum atomic E-state index is 12.9. The van der Waals surface area contributed by atoms with Crippen molar-refractivity contribution in [1.82, 2.24) is 4.57 Å². The molecule has 0 bridgehead atoms. The summed E-state index contributed by atoms with van der Waals surface area (Å²) in [5, 5.41) is 13.0. The highest BCUT2D eigenvalue weighted by atomic mass is 16.4. The molecule has 0 saturated heterocycles. The Morgan fingerprint density at radius 1 is 0.900 bits per heavy atom. The molecular formula is C26H22N2O2. The van der Waals surface area contributed by atoms with E-state index < -0.39 is 5.63 Å². The molecule has 30 heavy (non-hydrogen) atoms. The Hall–Kier alpha value is -3.66. The van der Waals surface area contributed by atoms with Crippen molar-refractivity contribution in [3.8, 4) is 11.3 Å². The molecule has 5 aromatic rings. The third-order valence-corrected chi connectivity index (χ3v) is 5.72. The van der Waals surface area contributed by atoms with Gasteiger partial charge in [-0.05, 0) is 34.9 Å². The molecule has 0 aliphatic carbocycles. The quantitative estimate of drug-likeness (QED) is 0.307. The Bertz CT molecular complexity index is 1510. The zero-order valence-electron chi connectivity index (χ0n) is 16.8. The molecule has 148 valence electrons. The van der Waals surface area contributed by atoms with Crippen LogP contribution in [0.3, 0.4) is 0 Å². The third-order valence-electron chi connectivity index (χ3n) is 5.72. The zero-order chi connectivity index (χ0) is 20.7. The first-order chi connectivity index (χ1) is 14.7. The first-order valence-corrected chi connectivity index (χ1v) is 10.3. The molecule has 0 saturated carbocycles. The Morgan fingerprint density at radius 2 is 1.67 bits per heavy atom. The molecule has 0 amide bonds. The van der Waals surface area contributed by atoms with Gasteiger partial charge in [-0.1, -0.05) is 74.0 Å². The number of hydrogen-bond donors (Lipinski definition) is 1. The summed E-state index contributed by atoms with van der Waals surface area (Å²) >= 11 is 0. The fourth-order valence-electron chi connectivity index (χ4n) is 4.24. The van der Waals surface area contributed by atoms with Crippen LogP contribution < -0.4 is 11.1 Å². The predicted octanol–water partition coefficient (Wildman–Crippen LogP) is 5.85. The van der Waals surface area contributed by atoms with Gasteiger partial charge in [0, 0.05) is 17.3 Å². The van der Waals surface area contributed by atoms with Crippen molar-refractivity contribution in [3.05, 3.63) is 88.7 Å². The van der Waals surface area contributed by atoms with E-state index in [9.17, 15) is 4.79 Å². The number of nitrogens with zero attached hydrogens (tertiary/aromatic N) is 1. The number of pyridine rings is 1. The van der Waals surface area contributed by atoms with Crippen LogP contribution in [0.5, 0.6) is 0 Å². The lowest BCUT2D eigenvalue weighted by Crippen LogP contribution is -2.26. The van der Waals surface area contributed by atoms with E-state index in [0.29, 0.717) is 17.5 Å². The monoisotopic (exact) mass is 394 g/mol. The number of aromatic nitrogens is 1. The number of nitrogens with one attached hydrogen (secondary N) is 1. The second-order valence-corrected chi connectivity index (χ2v) is 7.59. The number of fused-ring (bicyclic) bond motifs is 5. The third kappa shape index (κ3) is 2.84. The molecule has 0 aliphatic heterocycles. The van der Waals surface area contributed by atoms with Gasteiger partial charge in [-0.25, -0.2) is 4.79 Å². The molecule has 0 atom stereocenters. The van der Waals surface area contributed by atoms with E-state index in [1.54, 1.807) is 0 Å². The highest BCUT2D eigenvalue weighted by Gasteiger charge is 2.17. The van der Waals surface area contributed by atoms with Crippen molar-refractivity contribution in [2.24, 2.45) is 0 Å². The standard InChI is InChI=1S/C26H22N2O2/c1-2-3-15-28-21(18-10-5-4-6-11-18)16-20-23-19-12-8-7-9-17(19)13-14-22(23)30-26(29)24(20)25(28)27/h4-14,16,27H,2-3,15H2,1H3. The van der Waals surface area contributed by atoms with E-state index in [-0.39, 0.29) is 5.49 Å². The van der Waals surface area contributed by atoms with Gasteiger partial charge in [-0.2, -0.15) is 0 Å². The smallest absolute Gasteiger partial charge is 0.347 e. The van der Waals surface area contributed by atoms with Crippen LogP contribution in [0, 0.1) is 5.41 Å². The summed E-state index contributed by atoms with van der Waals surface area (Å²) in [4.78, 5) is 12.9. The molecule has 3 aromatic carbocycles. The van der Waals surface area contributed by atoms with Crippen LogP contribution in [0.2, 0.25) is 0 Å². The van der Waals surface area contributed by atoms with Gasteiger partial charge in [-0.3, -0.25) is 5.41 Å². The molecule has 0 fully saturated rings. The molecule has 4 heteroatoms. The number of hydrogen-bond acceptors (Lipinski definition) is 3. The highest BCUT2D eigenvalue weighted by Crippen LogP contribution is 2.32. The molecule has 2 heterocycles. The van der Waals surface area contributed by atoms with E-state index in [1.165, 1.54) is 0 Å². The van der Waals surface area contributed by atoms with Gasteiger partial charge < -0.3 is 8.98 Å². The summed E-state index contributed by atoms with van der Waals surface area (Å²) in [5.41, 5.74) is 2.29. The molecule has 2 aromatic heterocycles. The van der Waals surface area contributed by atoms with Gasteiger partial charge in [0.05, 0.1) is 5.69 Å². The van der Waals surface area contributed by atoms with Gasteiger partial charge in [0.15, 0.2) is 0 Å². The summed E-state index contributed by atoms with van der Waals surface area (Å²) in [5.74, 6) is 0. The van der Waals surface area contributed by atoms with E-state index in [1.807, 2.05) is 53.1 Å². The first-order valence-electron chi connectivity index (χ1n) is 10.3. The molecule has 1 N–H and O–H groups in total. The Morgan fingerprint density at radius 3 is 2.47 bits per heavy atom. The summed E-state index contributed by atoms with van der Waals surface area (Å²) in [6.07, 6.45) is 1.94. The Balaban J connectivity index is 2.00. The van der Waals surface area contributed by atoms with Gasteiger partial charge in [0.25, 0.3) is 0 Å². The van der Waals surface area contributed by atoms with Crippen molar-refractivity contribution in [2.75, 3.05) is 0 Å². The van der Waals surface area contributed by atoms with Crippen molar-refractivity contribution in [1.29, 1.82) is 5.41 Å². The summed E-state index contributed by atoms with van der Waals surface area (Å²) < 4.78 is 7.62. The molecule has 0 spiro atoms. The van der Waals surface area contributed by atoms with Gasteiger partial charge in [0.2, 0.25) is 0 Å². The number of rotatable bonds is 4. The van der Waals surface area contributed by atoms with E-state index in [4.69, 9.17) is 9.83 Å². The normalized spacial score (nSPS) is 11.5. The molecule has 0 aliphatic rings. The fraction of sp³-hybridized carbons (Fsp3) is 0.154. The van der Waals surface area contributed by atoms with Crippen LogP contribution in [-0.2, 0) is 6.54 Å². The van der Waals surface area contributed by atoms with Crippen LogP contribution in [-0.4, -0.2) is 4.57 Å². The van der Waals surface area contributed by atoms with E-state index >= 15 is 0 Å². The number of benzene rings is 3. The molecule has 0 unspecified atom stereocenters. The van der Waals surface area contributed by atoms with Crippen molar-refractivity contribution >= 4 is 32.5 Å². The molecule has 0 radical (unpaired) electrons. The number of unbranched alkanes of at least 4 members (excludes halogenated alkanes) is 1. The summed E-state index contributed by atoms with van der Waals surface area (Å²) in [7, 11) is 0. The summed E-state index contributed by atoms with van der Waals surface area (Å²) in [6, 6.07) is 24.0. The Labute approximate surface area is 173 Å². The fourth-order valence-corrected chi connectivity index (χ4v) is 4.24. The van der Waals surface area contributed by atoms with Crippen molar-refractivity contribution in [2.45, 2.75) is 26.3 Å². The van der Waals surface area contributed by atoms with Gasteiger partial charge >= 0.3 is 5.63 Å². The van der Waals surface area contributed by atoms with Gasteiger partial charge in [-0.15, -0.1) is 0 Å². The molecular weight excluding hydrogens is 372 g/mol. The topological polar surface area (TPSA) is 59.0 Å². The minimum Gasteiger partial charge on any atom is -0.422 e. The average molecular weight is 394 g/mol. The lowest BCUT2D eigenvalue weighted by atomic mass is 9.99. The first kappa shape index (κ1) is 18.4. The largest absolute Gasteiger partial charge is 0.422 e. The summed E-state index contributed by atoms with van der Waals surface area (Å²) in [6.45, 7) is 2.81. The predicted molar refractivity (Wildman–Crippen MR) is 122 cm³/mol. The maximum Gasteiger partial charge on any atom is 0.347 e. The highest BCUT2D eigenvalue weighted by molar-refractivity contribution is 6.18.